The van der Waals surface area contributed by atoms with Gasteiger partial charge in [0.15, 0.2) is 14.6 Å². The fourth-order valence-electron chi connectivity index (χ4n) is 6.27. The van der Waals surface area contributed by atoms with Crippen LogP contribution in [0.2, 0.25) is 18.1 Å². The smallest absolute Gasteiger partial charge is 0.306 e. The number of carbonyl (C=O) groups is 1. The van der Waals surface area contributed by atoms with Crippen LogP contribution in [0.15, 0.2) is 42.5 Å². The average Bonchev–Trinajstić information content (AvgIpc) is 3.31. The Labute approximate surface area is 284 Å². The maximum Gasteiger partial charge on any atom is 0.306 e. The molecule has 0 aromatic heterocycles. The van der Waals surface area contributed by atoms with Crippen LogP contribution in [0, 0.1) is 11.8 Å². The Morgan fingerprint density at radius 2 is 1.81 bits per heavy atom. The van der Waals surface area contributed by atoms with E-state index >= 15 is 8.78 Å². The van der Waals surface area contributed by atoms with E-state index in [4.69, 9.17) is 18.6 Å². The minimum atomic E-state index is -3.00. The molecule has 2 unspecified atom stereocenters. The molecule has 3 rings (SSSR count). The van der Waals surface area contributed by atoms with E-state index in [1.165, 1.54) is 0 Å². The number of aliphatic hydroxyl groups excluding tert-OH is 1. The zero-order valence-electron chi connectivity index (χ0n) is 29.9. The molecule has 6 atom stereocenters. The van der Waals surface area contributed by atoms with Gasteiger partial charge in [0.05, 0.1) is 12.2 Å². The van der Waals surface area contributed by atoms with Crippen LogP contribution >= 0.6 is 0 Å². The molecule has 0 radical (unpaired) electrons. The Hall–Kier alpha value is -1.65. The van der Waals surface area contributed by atoms with Crippen molar-refractivity contribution >= 4 is 14.3 Å². The number of ether oxygens (including phenoxy) is 3. The molecule has 268 valence electrons. The summed E-state index contributed by atoms with van der Waals surface area (Å²) in [4.78, 5) is 12.2. The van der Waals surface area contributed by atoms with Crippen molar-refractivity contribution in [3.8, 4) is 0 Å². The van der Waals surface area contributed by atoms with Gasteiger partial charge in [0, 0.05) is 31.8 Å². The Morgan fingerprint density at radius 1 is 1.09 bits per heavy atom. The van der Waals surface area contributed by atoms with Gasteiger partial charge < -0.3 is 23.7 Å². The number of aliphatic hydroxyl groups is 1. The molecule has 2 aliphatic rings. The van der Waals surface area contributed by atoms with Gasteiger partial charge in [0.2, 0.25) is 0 Å². The molecule has 1 saturated heterocycles. The molecule has 1 aliphatic heterocycles. The van der Waals surface area contributed by atoms with Crippen molar-refractivity contribution in [3.05, 3.63) is 48.0 Å². The first-order valence-corrected chi connectivity index (χ1v) is 21.0. The van der Waals surface area contributed by atoms with E-state index in [-0.39, 0.29) is 48.3 Å². The minimum Gasteiger partial charge on any atom is -0.461 e. The summed E-state index contributed by atoms with van der Waals surface area (Å²) in [5, 5.41) is 11.0. The van der Waals surface area contributed by atoms with Crippen LogP contribution in [-0.4, -0.2) is 56.5 Å². The number of carbonyl (C=O) groups excluding carboxylic acids is 1. The van der Waals surface area contributed by atoms with Gasteiger partial charge in [-0.05, 0) is 68.1 Å². The van der Waals surface area contributed by atoms with Gasteiger partial charge in [-0.1, -0.05) is 95.9 Å². The summed E-state index contributed by atoms with van der Waals surface area (Å²) in [5.41, 5.74) is 0.972. The lowest BCUT2D eigenvalue weighted by Crippen LogP contribution is -2.48. The van der Waals surface area contributed by atoms with Gasteiger partial charge in [-0.15, -0.1) is 0 Å². The van der Waals surface area contributed by atoms with Gasteiger partial charge in [-0.3, -0.25) is 4.79 Å². The van der Waals surface area contributed by atoms with Gasteiger partial charge in [-0.25, -0.2) is 8.78 Å². The van der Waals surface area contributed by atoms with E-state index in [1.54, 1.807) is 6.08 Å². The lowest BCUT2D eigenvalue weighted by Gasteiger charge is -2.40. The molecule has 2 fully saturated rings. The molecular formula is C38H62F2O6Si. The first kappa shape index (κ1) is 39.8. The van der Waals surface area contributed by atoms with Crippen LogP contribution in [0.4, 0.5) is 8.78 Å². The highest BCUT2D eigenvalue weighted by Crippen LogP contribution is 2.43. The third-order valence-corrected chi connectivity index (χ3v) is 14.7. The Morgan fingerprint density at radius 3 is 2.47 bits per heavy atom. The largest absolute Gasteiger partial charge is 0.461 e. The molecule has 0 spiro atoms. The standard InChI is InChI=1S/C38H62F2O6Si/c1-7-8-25-38(39,40)34(46-47(5,6)37(2,3)4)24-23-31-30(32(41)27-33(31)45-36-22-16-17-26-43-36)20-14-9-10-15-21-35(42)44-28-29-18-12-11-13-19-29/h11-13,18-19,23-24,30-34,36,41H,7-10,14-17,20-22,25-28H2,1-6H3/t30-,31-,32+,33-,34?,36?/m1/s1. The summed E-state index contributed by atoms with van der Waals surface area (Å²) in [6, 6.07) is 9.65. The zero-order chi connectivity index (χ0) is 34.5. The van der Waals surface area contributed by atoms with E-state index < -0.39 is 26.4 Å². The number of halogens is 2. The fourth-order valence-corrected chi connectivity index (χ4v) is 7.51. The molecule has 47 heavy (non-hydrogen) atoms. The van der Waals surface area contributed by atoms with E-state index in [1.807, 2.05) is 56.4 Å². The Kier molecular flexibility index (Phi) is 16.0. The van der Waals surface area contributed by atoms with Crippen molar-refractivity contribution in [2.45, 2.75) is 166 Å². The van der Waals surface area contributed by atoms with Crippen molar-refractivity contribution in [1.82, 2.24) is 0 Å². The maximum absolute atomic E-state index is 15.7. The van der Waals surface area contributed by atoms with E-state index in [0.717, 1.165) is 56.9 Å². The van der Waals surface area contributed by atoms with Crippen LogP contribution in [0.25, 0.3) is 0 Å². The molecule has 1 aliphatic carbocycles. The SMILES string of the molecule is CCCCC(F)(F)C(C=C[C@@H]1[C@@H](CCCCCCC(=O)OCc2ccccc2)[C@@H](O)C[C@H]1OC1CCCCO1)O[Si](C)(C)C(C)(C)C. The van der Waals surface area contributed by atoms with Crippen molar-refractivity contribution in [3.63, 3.8) is 0 Å². The summed E-state index contributed by atoms with van der Waals surface area (Å²) >= 11 is 0. The molecule has 6 nitrogen and oxygen atoms in total. The van der Waals surface area contributed by atoms with Crippen molar-refractivity contribution in [2.75, 3.05) is 6.61 Å². The van der Waals surface area contributed by atoms with Crippen LogP contribution < -0.4 is 0 Å². The van der Waals surface area contributed by atoms with Crippen LogP contribution in [-0.2, 0) is 30.0 Å². The Bertz CT molecular complexity index is 1070. The number of benzene rings is 1. The molecule has 1 heterocycles. The zero-order valence-corrected chi connectivity index (χ0v) is 30.9. The van der Waals surface area contributed by atoms with Gasteiger partial charge >= 0.3 is 5.97 Å². The van der Waals surface area contributed by atoms with Crippen molar-refractivity contribution < 1.29 is 37.3 Å². The predicted molar refractivity (Wildman–Crippen MR) is 186 cm³/mol. The number of alkyl halides is 2. The number of esters is 1. The molecule has 1 N–H and O–H groups in total. The van der Waals surface area contributed by atoms with Crippen LogP contribution in [0.5, 0.6) is 0 Å². The topological polar surface area (TPSA) is 74.2 Å². The van der Waals surface area contributed by atoms with Crippen molar-refractivity contribution in [1.29, 1.82) is 0 Å². The molecule has 1 aromatic carbocycles. The molecule has 1 aromatic rings. The minimum absolute atomic E-state index is 0.117. The number of rotatable bonds is 19. The quantitative estimate of drug-likeness (QED) is 0.0679. The highest BCUT2D eigenvalue weighted by Gasteiger charge is 2.47. The van der Waals surface area contributed by atoms with E-state index in [2.05, 4.69) is 20.8 Å². The second-order valence-corrected chi connectivity index (χ2v) is 19.9. The van der Waals surface area contributed by atoms with Gasteiger partial charge in [0.1, 0.15) is 12.7 Å². The molecular weight excluding hydrogens is 618 g/mol. The average molecular weight is 681 g/mol. The van der Waals surface area contributed by atoms with Crippen molar-refractivity contribution in [2.24, 2.45) is 11.8 Å². The second kappa shape index (κ2) is 18.9. The summed E-state index contributed by atoms with van der Waals surface area (Å²) in [5.74, 6) is -3.54. The first-order chi connectivity index (χ1) is 22.2. The third kappa shape index (κ3) is 13.0. The summed E-state index contributed by atoms with van der Waals surface area (Å²) in [6.45, 7) is 13.1. The molecule has 0 amide bonds. The number of hydrogen-bond donors (Lipinski definition) is 1. The summed E-state index contributed by atoms with van der Waals surface area (Å²) in [7, 11) is -2.51. The first-order valence-electron chi connectivity index (χ1n) is 18.1. The normalized spacial score (nSPS) is 24.9. The molecule has 1 saturated carbocycles. The highest BCUT2D eigenvalue weighted by molar-refractivity contribution is 6.74. The Balaban J connectivity index is 1.65. The fraction of sp³-hybridized carbons (Fsp3) is 0.763. The van der Waals surface area contributed by atoms with Gasteiger partial charge in [-0.2, -0.15) is 0 Å². The highest BCUT2D eigenvalue weighted by atomic mass is 28.4. The van der Waals surface area contributed by atoms with E-state index in [0.29, 0.717) is 32.3 Å². The van der Waals surface area contributed by atoms with Crippen LogP contribution in [0.1, 0.15) is 117 Å². The van der Waals surface area contributed by atoms with E-state index in [9.17, 15) is 9.90 Å². The monoisotopic (exact) mass is 680 g/mol. The predicted octanol–water partition coefficient (Wildman–Crippen LogP) is 9.75. The number of hydrogen-bond acceptors (Lipinski definition) is 6. The van der Waals surface area contributed by atoms with Gasteiger partial charge in [0.25, 0.3) is 5.92 Å². The maximum atomic E-state index is 15.7. The summed E-state index contributed by atoms with van der Waals surface area (Å²) in [6.07, 6.45) is 9.60. The number of unbranched alkanes of at least 4 members (excludes halogenated alkanes) is 4. The lowest BCUT2D eigenvalue weighted by atomic mass is 9.87. The lowest BCUT2D eigenvalue weighted by molar-refractivity contribution is -0.193. The van der Waals surface area contributed by atoms with Crippen LogP contribution in [0.3, 0.4) is 0 Å². The second-order valence-electron chi connectivity index (χ2n) is 15.2. The molecule has 0 bridgehead atoms. The summed E-state index contributed by atoms with van der Waals surface area (Å²) < 4.78 is 55.6. The third-order valence-electron chi connectivity index (χ3n) is 10.3. The molecule has 9 heteroatoms.